The maximum absolute atomic E-state index is 3.95. The van der Waals surface area contributed by atoms with Crippen LogP contribution in [0.15, 0.2) is 0 Å². The van der Waals surface area contributed by atoms with Crippen molar-refractivity contribution in [1.29, 1.82) is 0 Å². The summed E-state index contributed by atoms with van der Waals surface area (Å²) in [6.07, 6.45) is 1.21. The SMILES string of the molecule is CCPS. The summed E-state index contributed by atoms with van der Waals surface area (Å²) in [4.78, 5) is 0. The molecular weight excluding hydrogens is 87.1 g/mol. The maximum atomic E-state index is 3.95. The zero-order valence-corrected chi connectivity index (χ0v) is 4.55. The molecule has 0 aliphatic rings. The molecule has 2 heteroatoms. The van der Waals surface area contributed by atoms with E-state index in [2.05, 4.69) is 19.2 Å². The average Bonchev–Trinajstić information content (AvgIpc) is 1.37. The van der Waals surface area contributed by atoms with Gasteiger partial charge in [-0.05, 0) is 6.16 Å². The molecule has 0 saturated heterocycles. The molecule has 1 unspecified atom stereocenters. The first-order chi connectivity index (χ1) is 1.91. The van der Waals surface area contributed by atoms with E-state index in [4.69, 9.17) is 0 Å². The summed E-state index contributed by atoms with van der Waals surface area (Å²) in [6.45, 7) is 2.12. The van der Waals surface area contributed by atoms with E-state index in [0.29, 0.717) is 0 Å². The van der Waals surface area contributed by atoms with Crippen molar-refractivity contribution in [3.63, 3.8) is 0 Å². The summed E-state index contributed by atoms with van der Waals surface area (Å²) in [5.41, 5.74) is 0. The largest absolute Gasteiger partial charge is 0.155 e. The van der Waals surface area contributed by atoms with Gasteiger partial charge < -0.3 is 0 Å². The van der Waals surface area contributed by atoms with E-state index in [0.717, 1.165) is 7.78 Å². The molecule has 0 aliphatic carbocycles. The van der Waals surface area contributed by atoms with Gasteiger partial charge in [0.15, 0.2) is 0 Å². The molecule has 0 rings (SSSR count). The third-order valence-corrected chi connectivity index (χ3v) is 1.42. The summed E-state index contributed by atoms with van der Waals surface area (Å²) >= 11 is 3.95. The van der Waals surface area contributed by atoms with Crippen molar-refractivity contribution in [2.75, 3.05) is 6.16 Å². The smallest absolute Gasteiger partial charge is 0.0292 e. The zero-order chi connectivity index (χ0) is 3.41. The van der Waals surface area contributed by atoms with Crippen molar-refractivity contribution in [3.8, 4) is 0 Å². The maximum Gasteiger partial charge on any atom is -0.0292 e. The van der Waals surface area contributed by atoms with Gasteiger partial charge in [0.1, 0.15) is 0 Å². The second-order valence-electron chi connectivity index (χ2n) is 0.512. The fraction of sp³-hybridized carbons (Fsp3) is 1.00. The van der Waals surface area contributed by atoms with Crippen LogP contribution in [-0.2, 0) is 0 Å². The topological polar surface area (TPSA) is 0 Å². The molecule has 0 spiro atoms. The van der Waals surface area contributed by atoms with Crippen LogP contribution in [0.25, 0.3) is 0 Å². The molecule has 0 amide bonds. The molecule has 1 atom stereocenters. The lowest BCUT2D eigenvalue weighted by atomic mass is 11.0. The van der Waals surface area contributed by atoms with Gasteiger partial charge in [-0.2, -0.15) is 12.2 Å². The van der Waals surface area contributed by atoms with E-state index >= 15 is 0 Å². The van der Waals surface area contributed by atoms with Crippen LogP contribution in [0.3, 0.4) is 0 Å². The van der Waals surface area contributed by atoms with Gasteiger partial charge in [0.25, 0.3) is 0 Å². The third-order valence-electron chi connectivity index (χ3n) is 0.158. The minimum atomic E-state index is 0.835. The van der Waals surface area contributed by atoms with E-state index in [1.807, 2.05) is 0 Å². The highest BCUT2D eigenvalue weighted by atomic mass is 32.7. The van der Waals surface area contributed by atoms with Crippen LogP contribution in [0.1, 0.15) is 6.92 Å². The predicted octanol–water partition coefficient (Wildman–Crippen LogP) is 1.53. The molecule has 0 aromatic heterocycles. The summed E-state index contributed by atoms with van der Waals surface area (Å²) < 4.78 is 0. The quantitative estimate of drug-likeness (QED) is 0.369. The zero-order valence-electron chi connectivity index (χ0n) is 2.65. The summed E-state index contributed by atoms with van der Waals surface area (Å²) in [5.74, 6) is 0. The molecule has 0 aromatic carbocycles. The van der Waals surface area contributed by atoms with E-state index in [1.165, 1.54) is 6.16 Å². The Morgan fingerprint density at radius 3 is 2.25 bits per heavy atom. The van der Waals surface area contributed by atoms with E-state index in [1.54, 1.807) is 0 Å². The molecule has 0 heterocycles. The van der Waals surface area contributed by atoms with Crippen molar-refractivity contribution in [2.24, 2.45) is 0 Å². The van der Waals surface area contributed by atoms with E-state index in [-0.39, 0.29) is 0 Å². The lowest BCUT2D eigenvalue weighted by Crippen LogP contribution is -1.41. The number of rotatable bonds is 1. The Labute approximate surface area is 33.9 Å². The lowest BCUT2D eigenvalue weighted by molar-refractivity contribution is 1.53. The molecule has 4 heavy (non-hydrogen) atoms. The highest BCUT2D eigenvalue weighted by molar-refractivity contribution is 8.38. The van der Waals surface area contributed by atoms with Crippen molar-refractivity contribution < 1.29 is 0 Å². The summed E-state index contributed by atoms with van der Waals surface area (Å²) in [5, 5.41) is 0. The van der Waals surface area contributed by atoms with Crippen molar-refractivity contribution >= 4 is 20.0 Å². The Bertz CT molecular complexity index is 8.00. The average molecular weight is 94.1 g/mol. The summed E-state index contributed by atoms with van der Waals surface area (Å²) in [6, 6.07) is 0. The monoisotopic (exact) mass is 94.0 g/mol. The van der Waals surface area contributed by atoms with Crippen LogP contribution in [0.2, 0.25) is 0 Å². The molecule has 0 fully saturated rings. The Morgan fingerprint density at radius 2 is 2.25 bits per heavy atom. The molecule has 0 N–H and O–H groups in total. The van der Waals surface area contributed by atoms with E-state index in [9.17, 15) is 0 Å². The van der Waals surface area contributed by atoms with Crippen molar-refractivity contribution in [2.45, 2.75) is 6.92 Å². The first kappa shape index (κ1) is 4.78. The van der Waals surface area contributed by atoms with Gasteiger partial charge in [0, 0.05) is 0 Å². The van der Waals surface area contributed by atoms with E-state index < -0.39 is 0 Å². The number of thiol groups is 1. The molecule has 0 aromatic rings. The summed E-state index contributed by atoms with van der Waals surface area (Å²) in [7, 11) is 0.835. The molecular formula is C2H7PS. The van der Waals surface area contributed by atoms with Crippen LogP contribution in [0.4, 0.5) is 0 Å². The van der Waals surface area contributed by atoms with Crippen molar-refractivity contribution in [3.05, 3.63) is 0 Å². The first-order valence-corrected chi connectivity index (χ1v) is 3.78. The highest BCUT2D eigenvalue weighted by Crippen LogP contribution is 2.11. The van der Waals surface area contributed by atoms with Crippen LogP contribution >= 0.6 is 20.0 Å². The third kappa shape index (κ3) is 2.78. The van der Waals surface area contributed by atoms with Gasteiger partial charge in [0.05, 0.1) is 0 Å². The molecule has 0 radical (unpaired) electrons. The Morgan fingerprint density at radius 1 is 2.00 bits per heavy atom. The number of hydrogen-bond acceptors (Lipinski definition) is 1. The van der Waals surface area contributed by atoms with Gasteiger partial charge in [-0.15, -0.1) is 0 Å². The Kier molecular flexibility index (Phi) is 4.52. The fourth-order valence-corrected chi connectivity index (χ4v) is 0. The van der Waals surface area contributed by atoms with Crippen LogP contribution in [0.5, 0.6) is 0 Å². The van der Waals surface area contributed by atoms with Gasteiger partial charge in [-0.25, -0.2) is 0 Å². The molecule has 0 aliphatic heterocycles. The first-order valence-electron chi connectivity index (χ1n) is 1.28. The van der Waals surface area contributed by atoms with Gasteiger partial charge >= 0.3 is 0 Å². The highest BCUT2D eigenvalue weighted by Gasteiger charge is 1.56. The Hall–Kier alpha value is 0.780. The normalized spacial score (nSPS) is 10.5. The minimum Gasteiger partial charge on any atom is -0.155 e. The molecule has 0 bridgehead atoms. The van der Waals surface area contributed by atoms with Crippen LogP contribution in [0, 0.1) is 0 Å². The Balaban J connectivity index is 1.97. The molecule has 0 saturated carbocycles. The van der Waals surface area contributed by atoms with Gasteiger partial charge in [0.2, 0.25) is 0 Å². The number of hydrogen-bond donors (Lipinski definition) is 1. The minimum absolute atomic E-state index is 0.835. The lowest BCUT2D eigenvalue weighted by Gasteiger charge is -1.68. The van der Waals surface area contributed by atoms with Crippen LogP contribution in [-0.4, -0.2) is 6.16 Å². The second-order valence-corrected chi connectivity index (χ2v) is 2.48. The molecule has 26 valence electrons. The predicted molar refractivity (Wildman–Crippen MR) is 27.8 cm³/mol. The second kappa shape index (κ2) is 3.78. The van der Waals surface area contributed by atoms with Gasteiger partial charge in [-0.3, -0.25) is 0 Å². The molecule has 0 nitrogen and oxygen atoms in total. The standard InChI is InChI=1S/C2H7PS/c1-2-3-4/h3-4H,2H2,1H3. The van der Waals surface area contributed by atoms with Gasteiger partial charge in [-0.1, -0.05) is 14.7 Å². The fourth-order valence-electron chi connectivity index (χ4n) is 0. The van der Waals surface area contributed by atoms with Crippen LogP contribution < -0.4 is 0 Å². The van der Waals surface area contributed by atoms with Crippen molar-refractivity contribution in [1.82, 2.24) is 0 Å².